The smallest absolute Gasteiger partial charge is 0.417 e. The topological polar surface area (TPSA) is 86.5 Å². The highest BCUT2D eigenvalue weighted by Crippen LogP contribution is 2.23. The number of hydrogen-bond acceptors (Lipinski definition) is 5. The summed E-state index contributed by atoms with van der Waals surface area (Å²) in [6.45, 7) is 2.09. The lowest BCUT2D eigenvalue weighted by Gasteiger charge is -2.11. The van der Waals surface area contributed by atoms with Gasteiger partial charge in [0.25, 0.3) is 5.56 Å². The zero-order chi connectivity index (χ0) is 16.6. The van der Waals surface area contributed by atoms with Gasteiger partial charge in [0.1, 0.15) is 11.5 Å². The van der Waals surface area contributed by atoms with Crippen molar-refractivity contribution in [1.29, 1.82) is 0 Å². The summed E-state index contributed by atoms with van der Waals surface area (Å²) in [6.07, 6.45) is 1.66. The number of H-pyrrole nitrogens is 1. The first-order chi connectivity index (χ1) is 11.0. The van der Waals surface area contributed by atoms with Crippen LogP contribution in [-0.2, 0) is 6.54 Å². The number of hydrogen-bond donors (Lipinski definition) is 1. The molecule has 0 fully saturated rings. The van der Waals surface area contributed by atoms with E-state index in [-0.39, 0.29) is 11.1 Å². The molecule has 7 nitrogen and oxygen atoms in total. The molecule has 0 atom stereocenters. The Labute approximate surface area is 131 Å². The van der Waals surface area contributed by atoms with Crippen LogP contribution in [0.1, 0.15) is 11.1 Å². The van der Waals surface area contributed by atoms with Gasteiger partial charge in [0, 0.05) is 17.8 Å². The van der Waals surface area contributed by atoms with E-state index in [1.807, 2.05) is 12.1 Å². The molecule has 0 amide bonds. The van der Waals surface area contributed by atoms with Gasteiger partial charge in [0.05, 0.1) is 20.8 Å². The molecule has 0 aliphatic rings. The van der Waals surface area contributed by atoms with Crippen molar-refractivity contribution in [2.45, 2.75) is 13.5 Å². The Balaban J connectivity index is 2.10. The van der Waals surface area contributed by atoms with Crippen LogP contribution in [0.5, 0.6) is 11.5 Å². The van der Waals surface area contributed by atoms with Gasteiger partial charge in [0.15, 0.2) is 11.1 Å². The number of aryl methyl sites for hydroxylation is 1. The van der Waals surface area contributed by atoms with Crippen LogP contribution in [0, 0.1) is 6.92 Å². The van der Waals surface area contributed by atoms with Crippen molar-refractivity contribution in [3.05, 3.63) is 56.4 Å². The first-order valence-corrected chi connectivity index (χ1v) is 6.96. The number of oxazole rings is 1. The maximum Gasteiger partial charge on any atom is 0.417 e. The number of pyridine rings is 1. The molecule has 0 spiro atoms. The molecule has 23 heavy (non-hydrogen) atoms. The zero-order valence-electron chi connectivity index (χ0n) is 13.0. The van der Waals surface area contributed by atoms with Gasteiger partial charge in [-0.15, -0.1) is 0 Å². The van der Waals surface area contributed by atoms with Crippen LogP contribution in [-0.4, -0.2) is 23.8 Å². The van der Waals surface area contributed by atoms with Crippen molar-refractivity contribution in [1.82, 2.24) is 9.55 Å². The number of rotatable bonds is 4. The number of benzene rings is 1. The zero-order valence-corrected chi connectivity index (χ0v) is 13.0. The van der Waals surface area contributed by atoms with Crippen LogP contribution in [0.15, 0.2) is 38.4 Å². The molecule has 0 saturated carbocycles. The number of fused-ring (bicyclic) bond motifs is 1. The summed E-state index contributed by atoms with van der Waals surface area (Å²) in [5.41, 5.74) is 1.68. The number of nitrogens with one attached hydrogen (secondary N) is 1. The molecule has 2 aromatic heterocycles. The van der Waals surface area contributed by atoms with E-state index in [0.717, 1.165) is 5.56 Å². The summed E-state index contributed by atoms with van der Waals surface area (Å²) in [7, 11) is 3.13. The van der Waals surface area contributed by atoms with Crippen LogP contribution in [0.2, 0.25) is 0 Å². The molecule has 0 aliphatic carbocycles. The second-order valence-electron chi connectivity index (χ2n) is 5.18. The van der Waals surface area contributed by atoms with Gasteiger partial charge >= 0.3 is 5.76 Å². The lowest BCUT2D eigenvalue weighted by Crippen LogP contribution is -2.21. The molecule has 0 radical (unpaired) electrons. The van der Waals surface area contributed by atoms with Gasteiger partial charge in [-0.1, -0.05) is 0 Å². The Morgan fingerprint density at radius 3 is 2.39 bits per heavy atom. The van der Waals surface area contributed by atoms with Crippen LogP contribution >= 0.6 is 0 Å². The second kappa shape index (κ2) is 5.68. The number of ether oxygens (including phenoxy) is 2. The fourth-order valence-corrected chi connectivity index (χ4v) is 2.52. The maximum absolute atomic E-state index is 12.5. The second-order valence-corrected chi connectivity index (χ2v) is 5.18. The minimum Gasteiger partial charge on any atom is -0.497 e. The van der Waals surface area contributed by atoms with E-state index in [1.165, 1.54) is 4.57 Å². The molecule has 0 unspecified atom stereocenters. The highest BCUT2D eigenvalue weighted by atomic mass is 16.5. The summed E-state index contributed by atoms with van der Waals surface area (Å²) < 4.78 is 17.0. The van der Waals surface area contributed by atoms with E-state index in [2.05, 4.69) is 4.98 Å². The Kier molecular flexibility index (Phi) is 3.69. The first kappa shape index (κ1) is 15.0. The molecule has 0 aliphatic heterocycles. The van der Waals surface area contributed by atoms with Crippen molar-refractivity contribution in [2.24, 2.45) is 0 Å². The normalized spacial score (nSPS) is 10.9. The predicted molar refractivity (Wildman–Crippen MR) is 84.5 cm³/mol. The SMILES string of the molecule is COc1cc(Cn2cc(C)c3oc(=O)[nH]c3c2=O)cc(OC)c1. The molecule has 0 bridgehead atoms. The summed E-state index contributed by atoms with van der Waals surface area (Å²) >= 11 is 0. The average Bonchev–Trinajstić information content (AvgIpc) is 2.94. The fraction of sp³-hybridized carbons (Fsp3) is 0.250. The Bertz CT molecular complexity index is 958. The van der Waals surface area contributed by atoms with Gasteiger partial charge in [-0.05, 0) is 24.6 Å². The third kappa shape index (κ3) is 2.73. The first-order valence-electron chi connectivity index (χ1n) is 6.96. The molecule has 2 heterocycles. The summed E-state index contributed by atoms with van der Waals surface area (Å²) in [4.78, 5) is 26.2. The average molecular weight is 316 g/mol. The standard InChI is InChI=1S/C16H16N2O5/c1-9-7-18(15(19)13-14(9)23-16(20)17-13)8-10-4-11(21-2)6-12(5-10)22-3/h4-7H,8H2,1-3H3,(H,17,20). The molecule has 3 rings (SSSR count). The Morgan fingerprint density at radius 2 is 1.78 bits per heavy atom. The fourth-order valence-electron chi connectivity index (χ4n) is 2.52. The number of aromatic amines is 1. The van der Waals surface area contributed by atoms with Crippen LogP contribution < -0.4 is 20.8 Å². The van der Waals surface area contributed by atoms with Gasteiger partial charge in [-0.3, -0.25) is 9.78 Å². The predicted octanol–water partition coefficient (Wildman–Crippen LogP) is 1.66. The van der Waals surface area contributed by atoms with Gasteiger partial charge in [-0.2, -0.15) is 0 Å². The lowest BCUT2D eigenvalue weighted by molar-refractivity contribution is 0.393. The van der Waals surface area contributed by atoms with Crippen molar-refractivity contribution < 1.29 is 13.9 Å². The number of nitrogens with zero attached hydrogens (tertiary/aromatic N) is 1. The molecular weight excluding hydrogens is 300 g/mol. The van der Waals surface area contributed by atoms with Crippen molar-refractivity contribution in [2.75, 3.05) is 14.2 Å². The molecule has 0 saturated heterocycles. The summed E-state index contributed by atoms with van der Waals surface area (Å²) in [5.74, 6) is 0.643. The van der Waals surface area contributed by atoms with Crippen molar-refractivity contribution in [3.8, 4) is 11.5 Å². The van der Waals surface area contributed by atoms with Gasteiger partial charge < -0.3 is 18.5 Å². The van der Waals surface area contributed by atoms with E-state index >= 15 is 0 Å². The quantitative estimate of drug-likeness (QED) is 0.791. The molecule has 120 valence electrons. The van der Waals surface area contributed by atoms with Crippen LogP contribution in [0.4, 0.5) is 0 Å². The van der Waals surface area contributed by atoms with E-state index in [4.69, 9.17) is 13.9 Å². The minimum absolute atomic E-state index is 0.171. The van der Waals surface area contributed by atoms with E-state index in [0.29, 0.717) is 29.2 Å². The van der Waals surface area contributed by atoms with Crippen LogP contribution in [0.3, 0.4) is 0 Å². The largest absolute Gasteiger partial charge is 0.497 e. The highest BCUT2D eigenvalue weighted by Gasteiger charge is 2.12. The van der Waals surface area contributed by atoms with Crippen molar-refractivity contribution >= 4 is 11.1 Å². The molecular formula is C16H16N2O5. The third-order valence-electron chi connectivity index (χ3n) is 3.60. The van der Waals surface area contributed by atoms with E-state index in [9.17, 15) is 9.59 Å². The summed E-state index contributed by atoms with van der Waals surface area (Å²) in [6, 6.07) is 5.41. The maximum atomic E-state index is 12.5. The van der Waals surface area contributed by atoms with Gasteiger partial charge in [0.2, 0.25) is 0 Å². The third-order valence-corrected chi connectivity index (χ3v) is 3.60. The molecule has 3 aromatic rings. The van der Waals surface area contributed by atoms with E-state index < -0.39 is 5.76 Å². The van der Waals surface area contributed by atoms with Gasteiger partial charge in [-0.25, -0.2) is 4.79 Å². The molecule has 7 heteroatoms. The number of aromatic nitrogens is 2. The number of methoxy groups -OCH3 is 2. The van der Waals surface area contributed by atoms with Crippen LogP contribution in [0.25, 0.3) is 11.1 Å². The summed E-state index contributed by atoms with van der Waals surface area (Å²) in [5, 5.41) is 0. The van der Waals surface area contributed by atoms with Crippen molar-refractivity contribution in [3.63, 3.8) is 0 Å². The lowest BCUT2D eigenvalue weighted by atomic mass is 10.2. The van der Waals surface area contributed by atoms with E-state index in [1.54, 1.807) is 33.4 Å². The molecule has 1 aromatic carbocycles. The Hall–Kier alpha value is -2.96. The monoisotopic (exact) mass is 316 g/mol. The minimum atomic E-state index is -0.638. The highest BCUT2D eigenvalue weighted by molar-refractivity contribution is 5.74. The Morgan fingerprint density at radius 1 is 1.13 bits per heavy atom. The molecule has 1 N–H and O–H groups in total.